The first kappa shape index (κ1) is 24.6. The molecule has 1 amide bonds. The zero-order chi connectivity index (χ0) is 25.1. The maximum Gasteiger partial charge on any atom is 0.253 e. The number of hydrogen-bond acceptors (Lipinski definition) is 4. The average Bonchev–Trinajstić information content (AvgIpc) is 3.32. The van der Waals surface area contributed by atoms with E-state index in [1.54, 1.807) is 7.11 Å². The van der Waals surface area contributed by atoms with Crippen molar-refractivity contribution < 1.29 is 14.3 Å². The number of fused-ring (bicyclic) bond motifs is 1. The summed E-state index contributed by atoms with van der Waals surface area (Å²) in [6, 6.07) is 20.4. The molecule has 0 saturated carbocycles. The molecule has 0 aliphatic carbocycles. The summed E-state index contributed by atoms with van der Waals surface area (Å²) in [6.45, 7) is 9.89. The van der Waals surface area contributed by atoms with Crippen molar-refractivity contribution in [1.82, 2.24) is 9.80 Å². The van der Waals surface area contributed by atoms with E-state index in [9.17, 15) is 4.79 Å². The highest BCUT2D eigenvalue weighted by Gasteiger charge is 2.42. The lowest BCUT2D eigenvalue weighted by Crippen LogP contribution is -2.42. The van der Waals surface area contributed by atoms with E-state index in [1.807, 2.05) is 36.4 Å². The van der Waals surface area contributed by atoms with Crippen LogP contribution in [0.5, 0.6) is 11.5 Å². The van der Waals surface area contributed by atoms with Gasteiger partial charge in [-0.2, -0.15) is 0 Å². The number of ether oxygens (including phenoxy) is 2. The third-order valence-corrected chi connectivity index (χ3v) is 7.88. The molecular weight excluding hydrogens is 448 g/mol. The third kappa shape index (κ3) is 5.36. The summed E-state index contributed by atoms with van der Waals surface area (Å²) in [5.74, 6) is 2.52. The minimum absolute atomic E-state index is 0.156. The van der Waals surface area contributed by atoms with E-state index in [0.29, 0.717) is 5.92 Å². The van der Waals surface area contributed by atoms with Gasteiger partial charge in [-0.25, -0.2) is 0 Å². The molecule has 2 heterocycles. The van der Waals surface area contributed by atoms with Crippen LogP contribution in [-0.2, 0) is 6.54 Å². The highest BCUT2D eigenvalue weighted by molar-refractivity contribution is 5.99. The minimum atomic E-state index is 0.156. The van der Waals surface area contributed by atoms with E-state index in [2.05, 4.69) is 47.9 Å². The summed E-state index contributed by atoms with van der Waals surface area (Å²) in [5.41, 5.74) is 2.30. The first-order valence-electron chi connectivity index (χ1n) is 13.2. The van der Waals surface area contributed by atoms with Crippen LogP contribution >= 0.6 is 0 Å². The molecule has 2 fully saturated rings. The van der Waals surface area contributed by atoms with Gasteiger partial charge in [0.1, 0.15) is 11.5 Å². The van der Waals surface area contributed by atoms with Crippen LogP contribution in [0.1, 0.15) is 49.0 Å². The van der Waals surface area contributed by atoms with Crippen molar-refractivity contribution in [3.05, 3.63) is 71.8 Å². The summed E-state index contributed by atoms with van der Waals surface area (Å²) < 4.78 is 11.4. The number of methoxy groups -OCH3 is 1. The molecule has 0 bridgehead atoms. The van der Waals surface area contributed by atoms with Crippen LogP contribution in [0.2, 0.25) is 0 Å². The number of nitrogens with zero attached hydrogens (tertiary/aromatic N) is 2. The molecule has 2 aliphatic rings. The van der Waals surface area contributed by atoms with Crippen LogP contribution in [0.25, 0.3) is 10.8 Å². The quantitative estimate of drug-likeness (QED) is 0.410. The number of carbonyl (C=O) groups excluding carboxylic acids is 1. The molecule has 36 heavy (non-hydrogen) atoms. The molecule has 3 aromatic carbocycles. The second kappa shape index (κ2) is 10.5. The number of piperidine rings is 1. The molecule has 5 heteroatoms. The standard InChI is InChI=1S/C31H38N2O3/c1-23(2)21-36-29-7-5-4-6-27(29)20-32-15-12-31(13-16-32)14-17-33(22-31)30(34)26-9-8-25-19-28(35-3)11-10-24(25)18-26/h4-11,18-19,23H,12-17,20-22H2,1-3H3. The number of hydrogen-bond donors (Lipinski definition) is 0. The minimum Gasteiger partial charge on any atom is -0.497 e. The number of para-hydroxylation sites is 1. The van der Waals surface area contributed by atoms with E-state index in [1.165, 1.54) is 5.56 Å². The molecular formula is C31H38N2O3. The van der Waals surface area contributed by atoms with E-state index in [-0.39, 0.29) is 11.3 Å². The largest absolute Gasteiger partial charge is 0.497 e. The fraction of sp³-hybridized carbons (Fsp3) is 0.452. The van der Waals surface area contributed by atoms with E-state index in [4.69, 9.17) is 9.47 Å². The molecule has 5 rings (SSSR count). The summed E-state index contributed by atoms with van der Waals surface area (Å²) in [4.78, 5) is 18.0. The van der Waals surface area contributed by atoms with Crippen LogP contribution in [-0.4, -0.2) is 55.6 Å². The molecule has 0 atom stereocenters. The van der Waals surface area contributed by atoms with Crippen molar-refractivity contribution in [2.45, 2.75) is 39.7 Å². The molecule has 0 N–H and O–H groups in total. The van der Waals surface area contributed by atoms with Crippen molar-refractivity contribution >= 4 is 16.7 Å². The number of likely N-dealkylation sites (tertiary alicyclic amines) is 2. The third-order valence-electron chi connectivity index (χ3n) is 7.88. The van der Waals surface area contributed by atoms with Crippen molar-refractivity contribution in [3.8, 4) is 11.5 Å². The topological polar surface area (TPSA) is 42.0 Å². The van der Waals surface area contributed by atoms with Crippen LogP contribution in [0.3, 0.4) is 0 Å². The van der Waals surface area contributed by atoms with Crippen LogP contribution in [0.15, 0.2) is 60.7 Å². The zero-order valence-corrected chi connectivity index (χ0v) is 21.8. The normalized spacial score (nSPS) is 17.7. The molecule has 0 radical (unpaired) electrons. The van der Waals surface area contributed by atoms with Crippen molar-refractivity contribution in [2.24, 2.45) is 11.3 Å². The van der Waals surface area contributed by atoms with Crippen molar-refractivity contribution in [2.75, 3.05) is 39.9 Å². The van der Waals surface area contributed by atoms with Gasteiger partial charge < -0.3 is 14.4 Å². The Kier molecular flexibility index (Phi) is 7.20. The molecule has 5 nitrogen and oxygen atoms in total. The molecule has 0 aromatic heterocycles. The first-order chi connectivity index (χ1) is 17.4. The van der Waals surface area contributed by atoms with Crippen LogP contribution < -0.4 is 9.47 Å². The lowest BCUT2D eigenvalue weighted by atomic mass is 9.77. The van der Waals surface area contributed by atoms with Crippen LogP contribution in [0, 0.1) is 11.3 Å². The number of benzene rings is 3. The van der Waals surface area contributed by atoms with Gasteiger partial charge in [-0.1, -0.05) is 44.2 Å². The Bertz CT molecular complexity index is 1210. The second-order valence-electron chi connectivity index (χ2n) is 11.0. The van der Waals surface area contributed by atoms with E-state index >= 15 is 0 Å². The van der Waals surface area contributed by atoms with Gasteiger partial charge in [0, 0.05) is 30.8 Å². The maximum absolute atomic E-state index is 13.4. The van der Waals surface area contributed by atoms with E-state index in [0.717, 1.165) is 86.4 Å². The Morgan fingerprint density at radius 1 is 0.944 bits per heavy atom. The van der Waals surface area contributed by atoms with Crippen molar-refractivity contribution in [3.63, 3.8) is 0 Å². The summed E-state index contributed by atoms with van der Waals surface area (Å²) in [5, 5.41) is 2.16. The smallest absolute Gasteiger partial charge is 0.253 e. The number of amides is 1. The summed E-state index contributed by atoms with van der Waals surface area (Å²) in [7, 11) is 1.67. The number of rotatable bonds is 7. The molecule has 190 valence electrons. The highest BCUT2D eigenvalue weighted by Crippen LogP contribution is 2.41. The van der Waals surface area contributed by atoms with E-state index < -0.39 is 0 Å². The van der Waals surface area contributed by atoms with Gasteiger partial charge in [-0.15, -0.1) is 0 Å². The van der Waals surface area contributed by atoms with Gasteiger partial charge in [-0.05, 0) is 84.8 Å². The fourth-order valence-corrected chi connectivity index (χ4v) is 5.64. The van der Waals surface area contributed by atoms with Gasteiger partial charge in [0.25, 0.3) is 5.91 Å². The molecule has 0 unspecified atom stereocenters. The summed E-state index contributed by atoms with van der Waals surface area (Å²) in [6.07, 6.45) is 3.39. The maximum atomic E-state index is 13.4. The summed E-state index contributed by atoms with van der Waals surface area (Å²) >= 11 is 0. The van der Waals surface area contributed by atoms with Gasteiger partial charge in [0.2, 0.25) is 0 Å². The predicted octanol–water partition coefficient (Wildman–Crippen LogP) is 6.01. The average molecular weight is 487 g/mol. The van der Waals surface area contributed by atoms with Crippen LogP contribution in [0.4, 0.5) is 0 Å². The van der Waals surface area contributed by atoms with Gasteiger partial charge in [0.05, 0.1) is 13.7 Å². The van der Waals surface area contributed by atoms with Crippen molar-refractivity contribution in [1.29, 1.82) is 0 Å². The SMILES string of the molecule is COc1ccc2cc(C(=O)N3CCC4(CCN(Cc5ccccc5OCC(C)C)CC4)C3)ccc2c1. The lowest BCUT2D eigenvalue weighted by molar-refractivity contribution is 0.0712. The fourth-order valence-electron chi connectivity index (χ4n) is 5.64. The Hall–Kier alpha value is -3.05. The highest BCUT2D eigenvalue weighted by atomic mass is 16.5. The molecule has 2 saturated heterocycles. The van der Waals surface area contributed by atoms with Gasteiger partial charge >= 0.3 is 0 Å². The number of carbonyl (C=O) groups is 1. The Morgan fingerprint density at radius 2 is 1.67 bits per heavy atom. The lowest BCUT2D eigenvalue weighted by Gasteiger charge is -2.39. The molecule has 1 spiro atoms. The predicted molar refractivity (Wildman–Crippen MR) is 145 cm³/mol. The van der Waals surface area contributed by atoms with Gasteiger partial charge in [-0.3, -0.25) is 9.69 Å². The Morgan fingerprint density at radius 3 is 2.44 bits per heavy atom. The molecule has 2 aliphatic heterocycles. The molecule has 3 aromatic rings. The first-order valence-corrected chi connectivity index (χ1v) is 13.2. The Labute approximate surface area is 215 Å². The second-order valence-corrected chi connectivity index (χ2v) is 11.0. The zero-order valence-electron chi connectivity index (χ0n) is 21.8. The monoisotopic (exact) mass is 486 g/mol. The Balaban J connectivity index is 1.19. The van der Waals surface area contributed by atoms with Gasteiger partial charge in [0.15, 0.2) is 0 Å².